The minimum atomic E-state index is -0.328. The lowest BCUT2D eigenvalue weighted by Crippen LogP contribution is -2.31. The molecule has 8 heteroatoms. The van der Waals surface area contributed by atoms with Crippen LogP contribution in [-0.4, -0.2) is 28.7 Å². The van der Waals surface area contributed by atoms with E-state index < -0.39 is 0 Å². The molecule has 2 aromatic carbocycles. The molecule has 0 aliphatic carbocycles. The molecule has 0 saturated heterocycles. The Hall–Kier alpha value is -3.68. The maximum atomic E-state index is 12.5. The third-order valence-corrected chi connectivity index (χ3v) is 3.77. The van der Waals surface area contributed by atoms with Gasteiger partial charge in [0.2, 0.25) is 0 Å². The van der Waals surface area contributed by atoms with Crippen molar-refractivity contribution in [2.75, 3.05) is 0 Å². The number of rotatable bonds is 4. The zero-order chi connectivity index (χ0) is 17.2. The van der Waals surface area contributed by atoms with Crippen LogP contribution >= 0.6 is 0 Å². The zero-order valence-electron chi connectivity index (χ0n) is 13.1. The fourth-order valence-corrected chi connectivity index (χ4v) is 2.52. The van der Waals surface area contributed by atoms with Gasteiger partial charge in [-0.3, -0.25) is 9.13 Å². The Morgan fingerprint density at radius 1 is 0.640 bits per heavy atom. The highest BCUT2D eigenvalue weighted by Crippen LogP contribution is 2.02. The van der Waals surface area contributed by atoms with E-state index in [0.717, 1.165) is 0 Å². The van der Waals surface area contributed by atoms with Crippen molar-refractivity contribution >= 4 is 0 Å². The average Bonchev–Trinajstić information content (AvgIpc) is 3.20. The van der Waals surface area contributed by atoms with Crippen molar-refractivity contribution in [1.82, 2.24) is 28.7 Å². The maximum absolute atomic E-state index is 12.5. The minimum absolute atomic E-state index is 0.0390. The minimum Gasteiger partial charge on any atom is -0.262 e. The lowest BCUT2D eigenvalue weighted by molar-refractivity contribution is 0.565. The molecule has 2 heterocycles. The van der Waals surface area contributed by atoms with E-state index in [0.29, 0.717) is 11.4 Å². The van der Waals surface area contributed by atoms with Gasteiger partial charge in [0.05, 0.1) is 11.4 Å². The molecule has 0 atom stereocenters. The second-order valence-corrected chi connectivity index (χ2v) is 5.40. The molecule has 8 nitrogen and oxygen atoms in total. The Morgan fingerprint density at radius 2 is 1.04 bits per heavy atom. The van der Waals surface area contributed by atoms with Crippen molar-refractivity contribution in [3.63, 3.8) is 0 Å². The Balaban J connectivity index is 1.67. The summed E-state index contributed by atoms with van der Waals surface area (Å²) < 4.78 is 5.27. The predicted molar refractivity (Wildman–Crippen MR) is 91.0 cm³/mol. The van der Waals surface area contributed by atoms with Gasteiger partial charge in [-0.25, -0.2) is 9.59 Å². The number of para-hydroxylation sites is 2. The van der Waals surface area contributed by atoms with Crippen LogP contribution in [0.3, 0.4) is 0 Å². The molecule has 124 valence electrons. The van der Waals surface area contributed by atoms with Crippen molar-refractivity contribution in [3.05, 3.63) is 94.3 Å². The van der Waals surface area contributed by atoms with Crippen LogP contribution in [-0.2, 0) is 6.67 Å². The van der Waals surface area contributed by atoms with Crippen LogP contribution in [0.1, 0.15) is 0 Å². The topological polar surface area (TPSA) is 79.6 Å². The molecule has 0 saturated carbocycles. The third kappa shape index (κ3) is 2.69. The van der Waals surface area contributed by atoms with Gasteiger partial charge < -0.3 is 0 Å². The number of hydrogen-bond acceptors (Lipinski definition) is 4. The summed E-state index contributed by atoms with van der Waals surface area (Å²) in [5.74, 6) is 0. The van der Waals surface area contributed by atoms with Crippen LogP contribution in [0.2, 0.25) is 0 Å². The highest BCUT2D eigenvalue weighted by Gasteiger charge is 2.11. The van der Waals surface area contributed by atoms with E-state index in [-0.39, 0.29) is 18.0 Å². The van der Waals surface area contributed by atoms with Crippen LogP contribution in [0.25, 0.3) is 11.4 Å². The van der Waals surface area contributed by atoms with Gasteiger partial charge in [0, 0.05) is 0 Å². The molecule has 4 aromatic rings. The molecule has 25 heavy (non-hydrogen) atoms. The van der Waals surface area contributed by atoms with Crippen molar-refractivity contribution in [1.29, 1.82) is 0 Å². The SMILES string of the molecule is O=c1n(Cn2cnn(-c3ccccc3)c2=O)cnn1-c1ccccc1. The summed E-state index contributed by atoms with van der Waals surface area (Å²) >= 11 is 0. The highest BCUT2D eigenvalue weighted by molar-refractivity contribution is 5.30. The summed E-state index contributed by atoms with van der Waals surface area (Å²) in [6, 6.07) is 18.2. The first-order chi connectivity index (χ1) is 12.2. The number of benzene rings is 2. The van der Waals surface area contributed by atoms with Crippen LogP contribution < -0.4 is 11.4 Å². The molecule has 0 radical (unpaired) electrons. The predicted octanol–water partition coefficient (Wildman–Crippen LogP) is 0.887. The number of aromatic nitrogens is 6. The average molecular weight is 334 g/mol. The molecule has 0 amide bonds. The Bertz CT molecular complexity index is 1020. The molecule has 0 bridgehead atoms. The molecule has 0 aliphatic heterocycles. The number of hydrogen-bond donors (Lipinski definition) is 0. The molecule has 2 aromatic heterocycles. The lowest BCUT2D eigenvalue weighted by atomic mass is 10.3. The van der Waals surface area contributed by atoms with E-state index in [2.05, 4.69) is 10.2 Å². The van der Waals surface area contributed by atoms with Crippen LogP contribution in [0.15, 0.2) is 82.9 Å². The largest absolute Gasteiger partial charge is 0.352 e. The summed E-state index contributed by atoms with van der Waals surface area (Å²) in [5.41, 5.74) is 0.674. The summed E-state index contributed by atoms with van der Waals surface area (Å²) in [4.78, 5) is 25.0. The van der Waals surface area contributed by atoms with Crippen LogP contribution in [0, 0.1) is 0 Å². The van der Waals surface area contributed by atoms with E-state index in [4.69, 9.17) is 0 Å². The molecule has 4 rings (SSSR count). The molecular weight excluding hydrogens is 320 g/mol. The van der Waals surface area contributed by atoms with Crippen LogP contribution in [0.5, 0.6) is 0 Å². The monoisotopic (exact) mass is 334 g/mol. The first-order valence-electron chi connectivity index (χ1n) is 7.64. The Morgan fingerprint density at radius 3 is 1.44 bits per heavy atom. The van der Waals surface area contributed by atoms with Gasteiger partial charge in [-0.15, -0.1) is 0 Å². The standard InChI is InChI=1S/C17H14N6O2/c24-16-20(11-18-22(16)14-7-3-1-4-8-14)13-21-12-19-23(17(21)25)15-9-5-2-6-10-15/h1-12H,13H2. The first-order valence-corrected chi connectivity index (χ1v) is 7.64. The highest BCUT2D eigenvalue weighted by atomic mass is 16.2. The molecule has 0 spiro atoms. The van der Waals surface area contributed by atoms with Gasteiger partial charge in [-0.05, 0) is 24.3 Å². The van der Waals surface area contributed by atoms with Gasteiger partial charge >= 0.3 is 11.4 Å². The lowest BCUT2D eigenvalue weighted by Gasteiger charge is -2.01. The van der Waals surface area contributed by atoms with E-state index >= 15 is 0 Å². The van der Waals surface area contributed by atoms with Crippen LogP contribution in [0.4, 0.5) is 0 Å². The molecule has 0 fully saturated rings. The van der Waals surface area contributed by atoms with Crippen molar-refractivity contribution in [3.8, 4) is 11.4 Å². The Labute approximate surface area is 141 Å². The van der Waals surface area contributed by atoms with Gasteiger partial charge in [-0.2, -0.15) is 19.6 Å². The molecular formula is C17H14N6O2. The van der Waals surface area contributed by atoms with E-state index in [9.17, 15) is 9.59 Å². The summed E-state index contributed by atoms with van der Waals surface area (Å²) in [6.07, 6.45) is 2.81. The summed E-state index contributed by atoms with van der Waals surface area (Å²) in [7, 11) is 0. The van der Waals surface area contributed by atoms with Crippen molar-refractivity contribution in [2.24, 2.45) is 0 Å². The van der Waals surface area contributed by atoms with Gasteiger partial charge in [0.1, 0.15) is 19.3 Å². The smallest absolute Gasteiger partial charge is 0.262 e. The number of nitrogens with zero attached hydrogens (tertiary/aromatic N) is 6. The fourth-order valence-electron chi connectivity index (χ4n) is 2.52. The first kappa shape index (κ1) is 14.9. The summed E-state index contributed by atoms with van der Waals surface area (Å²) in [5, 5.41) is 8.20. The van der Waals surface area contributed by atoms with E-state index in [1.54, 1.807) is 24.3 Å². The molecule has 0 aliphatic rings. The van der Waals surface area contributed by atoms with Gasteiger partial charge in [0.25, 0.3) is 0 Å². The summed E-state index contributed by atoms with van der Waals surface area (Å²) in [6.45, 7) is 0.0390. The normalized spacial score (nSPS) is 10.9. The van der Waals surface area contributed by atoms with Gasteiger partial charge in [0.15, 0.2) is 0 Å². The molecule has 0 unspecified atom stereocenters. The van der Waals surface area contributed by atoms with E-state index in [1.165, 1.54) is 31.2 Å². The Kier molecular flexibility index (Phi) is 3.62. The maximum Gasteiger partial charge on any atom is 0.352 e. The quantitative estimate of drug-likeness (QED) is 0.555. The van der Waals surface area contributed by atoms with Gasteiger partial charge in [-0.1, -0.05) is 36.4 Å². The third-order valence-electron chi connectivity index (χ3n) is 3.77. The van der Waals surface area contributed by atoms with Crippen molar-refractivity contribution in [2.45, 2.75) is 6.67 Å². The second-order valence-electron chi connectivity index (χ2n) is 5.40. The zero-order valence-corrected chi connectivity index (χ0v) is 13.1. The fraction of sp³-hybridized carbons (Fsp3) is 0.0588. The van der Waals surface area contributed by atoms with Crippen molar-refractivity contribution < 1.29 is 0 Å². The van der Waals surface area contributed by atoms with E-state index in [1.807, 2.05) is 36.4 Å². The molecule has 0 N–H and O–H groups in total. The second kappa shape index (κ2) is 6.08.